The second-order valence-electron chi connectivity index (χ2n) is 5.32. The highest BCUT2D eigenvalue weighted by molar-refractivity contribution is 7.99. The molecule has 2 aliphatic heterocycles. The van der Waals surface area contributed by atoms with Gasteiger partial charge in [-0.1, -0.05) is 24.3 Å². The van der Waals surface area contributed by atoms with Crippen molar-refractivity contribution in [2.45, 2.75) is 6.54 Å². The number of thioether (sulfide) groups is 1. The number of nitrogens with zero attached hydrogens (tertiary/aromatic N) is 3. The van der Waals surface area contributed by atoms with E-state index in [9.17, 15) is 0 Å². The Hall–Kier alpha value is -1.62. The van der Waals surface area contributed by atoms with Crippen molar-refractivity contribution in [1.82, 2.24) is 4.90 Å². The van der Waals surface area contributed by atoms with Crippen LogP contribution in [0.1, 0.15) is 5.56 Å². The molecular weight excluding hydrogens is 280 g/mol. The first kappa shape index (κ1) is 14.3. The summed E-state index contributed by atoms with van der Waals surface area (Å²) >= 11 is 1.98. The highest BCUT2D eigenvalue weighted by Crippen LogP contribution is 2.18. The normalized spacial score (nSPS) is 19.3. The molecule has 4 nitrogen and oxygen atoms in total. The van der Waals surface area contributed by atoms with Crippen LogP contribution < -0.4 is 10.6 Å². The van der Waals surface area contributed by atoms with Crippen molar-refractivity contribution in [1.29, 1.82) is 0 Å². The summed E-state index contributed by atoms with van der Waals surface area (Å²) in [6.45, 7) is 4.71. The average Bonchev–Trinajstić information content (AvgIpc) is 3.08. The summed E-state index contributed by atoms with van der Waals surface area (Å²) in [6.07, 6.45) is 4.41. The van der Waals surface area contributed by atoms with E-state index in [0.717, 1.165) is 37.7 Å². The predicted octanol–water partition coefficient (Wildman–Crippen LogP) is 1.93. The van der Waals surface area contributed by atoms with Crippen LogP contribution in [0.15, 0.2) is 41.4 Å². The Kier molecular flexibility index (Phi) is 4.70. The first-order chi connectivity index (χ1) is 10.3. The van der Waals surface area contributed by atoms with Crippen molar-refractivity contribution in [3.63, 3.8) is 0 Å². The number of guanidine groups is 1. The molecule has 0 aromatic heterocycles. The van der Waals surface area contributed by atoms with Gasteiger partial charge in [0.25, 0.3) is 0 Å². The van der Waals surface area contributed by atoms with Crippen LogP contribution in [0, 0.1) is 0 Å². The van der Waals surface area contributed by atoms with Crippen LogP contribution in [0.2, 0.25) is 0 Å². The van der Waals surface area contributed by atoms with E-state index in [1.54, 1.807) is 0 Å². The predicted molar refractivity (Wildman–Crippen MR) is 92.0 cm³/mol. The minimum Gasteiger partial charge on any atom is -0.370 e. The molecule has 112 valence electrons. The van der Waals surface area contributed by atoms with E-state index in [0.29, 0.717) is 12.5 Å². The molecule has 2 heterocycles. The Labute approximate surface area is 130 Å². The number of hydrogen-bond donors (Lipinski definition) is 1. The number of rotatable bonds is 3. The maximum atomic E-state index is 6.08. The lowest BCUT2D eigenvalue weighted by Crippen LogP contribution is -2.42. The van der Waals surface area contributed by atoms with Crippen molar-refractivity contribution in [2.24, 2.45) is 10.7 Å². The van der Waals surface area contributed by atoms with Gasteiger partial charge in [0.05, 0.1) is 6.54 Å². The van der Waals surface area contributed by atoms with Crippen molar-refractivity contribution >= 4 is 23.4 Å². The molecule has 1 saturated heterocycles. The molecule has 0 aliphatic carbocycles. The van der Waals surface area contributed by atoms with E-state index in [1.165, 1.54) is 11.3 Å². The molecule has 2 N–H and O–H groups in total. The molecule has 0 spiro atoms. The fourth-order valence-corrected chi connectivity index (χ4v) is 3.47. The summed E-state index contributed by atoms with van der Waals surface area (Å²) in [5, 5.41) is 0. The minimum absolute atomic E-state index is 0.661. The van der Waals surface area contributed by atoms with E-state index >= 15 is 0 Å². The van der Waals surface area contributed by atoms with Crippen LogP contribution in [0.3, 0.4) is 0 Å². The van der Waals surface area contributed by atoms with Gasteiger partial charge in [0.2, 0.25) is 0 Å². The van der Waals surface area contributed by atoms with Crippen molar-refractivity contribution < 1.29 is 0 Å². The Balaban J connectivity index is 1.57. The van der Waals surface area contributed by atoms with Crippen molar-refractivity contribution in [3.8, 4) is 0 Å². The molecule has 21 heavy (non-hydrogen) atoms. The highest BCUT2D eigenvalue weighted by Gasteiger charge is 2.12. The molecule has 2 aliphatic rings. The van der Waals surface area contributed by atoms with Gasteiger partial charge in [0.1, 0.15) is 0 Å². The van der Waals surface area contributed by atoms with E-state index in [2.05, 4.69) is 51.2 Å². The van der Waals surface area contributed by atoms with E-state index < -0.39 is 0 Å². The summed E-state index contributed by atoms with van der Waals surface area (Å²) in [4.78, 5) is 9.05. The molecule has 5 heteroatoms. The summed E-state index contributed by atoms with van der Waals surface area (Å²) in [5.74, 6) is 2.98. The monoisotopic (exact) mass is 302 g/mol. The fraction of sp³-hybridized carbons (Fsp3) is 0.438. The molecule has 3 rings (SSSR count). The SMILES string of the molecule is NC(=NCc1ccc(N2CC=CC2)cc1)N1CCSCC1. The number of anilines is 1. The van der Waals surface area contributed by atoms with Gasteiger partial charge in [-0.2, -0.15) is 11.8 Å². The lowest BCUT2D eigenvalue weighted by atomic mass is 10.2. The van der Waals surface area contributed by atoms with Gasteiger partial charge >= 0.3 is 0 Å². The average molecular weight is 302 g/mol. The molecule has 1 aromatic carbocycles. The minimum atomic E-state index is 0.661. The molecule has 0 amide bonds. The zero-order valence-electron chi connectivity index (χ0n) is 12.2. The Morgan fingerprint density at radius 2 is 1.76 bits per heavy atom. The quantitative estimate of drug-likeness (QED) is 0.526. The molecule has 0 saturated carbocycles. The van der Waals surface area contributed by atoms with Gasteiger partial charge in [-0.3, -0.25) is 0 Å². The molecule has 1 fully saturated rings. The van der Waals surface area contributed by atoms with Gasteiger partial charge < -0.3 is 15.5 Å². The maximum absolute atomic E-state index is 6.08. The van der Waals surface area contributed by atoms with Crippen LogP contribution in [0.5, 0.6) is 0 Å². The molecular formula is C16H22N4S. The standard InChI is InChI=1S/C16H22N4S/c17-16(20-9-11-21-12-10-20)18-13-14-3-5-15(6-4-14)19-7-1-2-8-19/h1-6H,7-13H2,(H2,17,18). The lowest BCUT2D eigenvalue weighted by Gasteiger charge is -2.27. The van der Waals surface area contributed by atoms with Crippen molar-refractivity contribution in [2.75, 3.05) is 42.6 Å². The summed E-state index contributed by atoms with van der Waals surface area (Å²) < 4.78 is 0. The summed E-state index contributed by atoms with van der Waals surface area (Å²) in [5.41, 5.74) is 8.56. The van der Waals surface area contributed by atoms with Gasteiger partial charge in [-0.15, -0.1) is 0 Å². The van der Waals surface area contributed by atoms with Gasteiger partial charge in [-0.05, 0) is 17.7 Å². The number of benzene rings is 1. The Morgan fingerprint density at radius 3 is 2.43 bits per heavy atom. The van der Waals surface area contributed by atoms with Gasteiger partial charge in [-0.25, -0.2) is 4.99 Å². The van der Waals surface area contributed by atoms with Crippen LogP contribution in [-0.2, 0) is 6.54 Å². The smallest absolute Gasteiger partial charge is 0.191 e. The van der Waals surface area contributed by atoms with E-state index in [4.69, 9.17) is 5.73 Å². The van der Waals surface area contributed by atoms with Gasteiger partial charge in [0.15, 0.2) is 5.96 Å². The molecule has 0 atom stereocenters. The maximum Gasteiger partial charge on any atom is 0.191 e. The molecule has 0 radical (unpaired) electrons. The molecule has 1 aromatic rings. The lowest BCUT2D eigenvalue weighted by molar-refractivity contribution is 0.455. The fourth-order valence-electron chi connectivity index (χ4n) is 2.57. The van der Waals surface area contributed by atoms with Crippen LogP contribution >= 0.6 is 11.8 Å². The first-order valence-corrected chi connectivity index (χ1v) is 8.60. The van der Waals surface area contributed by atoms with Gasteiger partial charge in [0, 0.05) is 43.4 Å². The Morgan fingerprint density at radius 1 is 1.10 bits per heavy atom. The molecule has 0 unspecified atom stereocenters. The number of hydrogen-bond acceptors (Lipinski definition) is 3. The van der Waals surface area contributed by atoms with Crippen molar-refractivity contribution in [3.05, 3.63) is 42.0 Å². The van der Waals surface area contributed by atoms with Crippen LogP contribution in [0.25, 0.3) is 0 Å². The summed E-state index contributed by atoms with van der Waals surface area (Å²) in [7, 11) is 0. The highest BCUT2D eigenvalue weighted by atomic mass is 32.2. The van der Waals surface area contributed by atoms with Crippen LogP contribution in [-0.4, -0.2) is 48.5 Å². The third kappa shape index (κ3) is 3.73. The van der Waals surface area contributed by atoms with Crippen LogP contribution in [0.4, 0.5) is 5.69 Å². The number of nitrogens with two attached hydrogens (primary N) is 1. The van der Waals surface area contributed by atoms with E-state index in [1.807, 2.05) is 11.8 Å². The second kappa shape index (κ2) is 6.89. The third-order valence-electron chi connectivity index (χ3n) is 3.88. The van der Waals surface area contributed by atoms with E-state index in [-0.39, 0.29) is 0 Å². The zero-order valence-corrected chi connectivity index (χ0v) is 13.1. The molecule has 0 bridgehead atoms. The first-order valence-electron chi connectivity index (χ1n) is 7.44. The Bertz CT molecular complexity index is 510. The summed E-state index contributed by atoms with van der Waals surface area (Å²) in [6, 6.07) is 8.64. The third-order valence-corrected chi connectivity index (χ3v) is 4.82. The number of aliphatic imine (C=N–C) groups is 1. The zero-order chi connectivity index (χ0) is 14.5. The second-order valence-corrected chi connectivity index (χ2v) is 6.54. The largest absolute Gasteiger partial charge is 0.370 e. The topological polar surface area (TPSA) is 44.9 Å².